The molecule has 0 aromatic heterocycles. The normalized spacial score (nSPS) is 24.8. The Labute approximate surface area is 132 Å². The highest BCUT2D eigenvalue weighted by Crippen LogP contribution is 2.31. The maximum atomic E-state index is 12.2. The topological polar surface area (TPSA) is 64.4 Å². The molecule has 0 saturated heterocycles. The number of hydrogen-bond acceptors (Lipinski definition) is 3. The van der Waals surface area contributed by atoms with Crippen molar-refractivity contribution < 1.29 is 9.53 Å². The summed E-state index contributed by atoms with van der Waals surface area (Å²) in [4.78, 5) is 12.2. The van der Waals surface area contributed by atoms with E-state index >= 15 is 0 Å². The van der Waals surface area contributed by atoms with E-state index in [2.05, 4.69) is 5.32 Å². The predicted molar refractivity (Wildman–Crippen MR) is 86.7 cm³/mol. The van der Waals surface area contributed by atoms with Crippen molar-refractivity contribution in [3.8, 4) is 5.75 Å². The summed E-state index contributed by atoms with van der Waals surface area (Å²) in [6, 6.07) is 9.60. The molecule has 0 heterocycles. The number of benzene rings is 1. The van der Waals surface area contributed by atoms with Crippen LogP contribution in [0, 0.1) is 5.92 Å². The lowest BCUT2D eigenvalue weighted by atomic mass is 9.74. The number of nitrogens with two attached hydrogens (primary N) is 1. The highest BCUT2D eigenvalue weighted by molar-refractivity contribution is 5.85. The number of para-hydroxylation sites is 1. The lowest BCUT2D eigenvalue weighted by Crippen LogP contribution is -2.53. The third kappa shape index (κ3) is 5.21. The van der Waals surface area contributed by atoms with Crippen LogP contribution in [0.25, 0.3) is 0 Å². The van der Waals surface area contributed by atoms with Crippen LogP contribution in [0.1, 0.15) is 32.6 Å². The van der Waals surface area contributed by atoms with Gasteiger partial charge in [-0.2, -0.15) is 0 Å². The number of carbonyl (C=O) groups is 1. The molecule has 5 heteroatoms. The molecule has 1 fully saturated rings. The molecule has 1 aromatic carbocycles. The second-order valence-corrected chi connectivity index (χ2v) is 5.76. The number of hydrogen-bond donors (Lipinski definition) is 2. The van der Waals surface area contributed by atoms with E-state index in [0.29, 0.717) is 13.2 Å². The van der Waals surface area contributed by atoms with Crippen molar-refractivity contribution in [2.75, 3.05) is 13.2 Å². The number of rotatable bonds is 5. The molecule has 0 spiro atoms. The zero-order valence-corrected chi connectivity index (χ0v) is 13.3. The molecule has 118 valence electrons. The first kappa shape index (κ1) is 17.8. The molecule has 2 atom stereocenters. The van der Waals surface area contributed by atoms with E-state index in [9.17, 15) is 4.79 Å². The van der Waals surface area contributed by atoms with Gasteiger partial charge in [-0.3, -0.25) is 4.79 Å². The molecule has 1 saturated carbocycles. The van der Waals surface area contributed by atoms with E-state index in [0.717, 1.165) is 31.4 Å². The average Bonchev–Trinajstić information content (AvgIpc) is 2.44. The van der Waals surface area contributed by atoms with Gasteiger partial charge in [-0.15, -0.1) is 12.4 Å². The molecule has 0 aliphatic heterocycles. The van der Waals surface area contributed by atoms with Gasteiger partial charge in [0.1, 0.15) is 12.4 Å². The highest BCUT2D eigenvalue weighted by Gasteiger charge is 2.37. The first-order chi connectivity index (χ1) is 9.59. The first-order valence-corrected chi connectivity index (χ1v) is 7.34. The summed E-state index contributed by atoms with van der Waals surface area (Å²) in [5, 5.41) is 2.93. The van der Waals surface area contributed by atoms with E-state index in [4.69, 9.17) is 10.5 Å². The summed E-state index contributed by atoms with van der Waals surface area (Å²) < 4.78 is 5.55. The van der Waals surface area contributed by atoms with Crippen LogP contribution in [0.4, 0.5) is 0 Å². The molecule has 1 aromatic rings. The minimum atomic E-state index is -0.372. The first-order valence-electron chi connectivity index (χ1n) is 7.34. The van der Waals surface area contributed by atoms with Crippen LogP contribution < -0.4 is 15.8 Å². The average molecular weight is 313 g/mol. The summed E-state index contributed by atoms with van der Waals surface area (Å²) in [7, 11) is 0. The fourth-order valence-corrected chi connectivity index (χ4v) is 2.77. The molecule has 2 unspecified atom stereocenters. The quantitative estimate of drug-likeness (QED) is 0.821. The van der Waals surface area contributed by atoms with Crippen LogP contribution in [0.5, 0.6) is 5.75 Å². The molecular formula is C16H25ClN2O2. The third-order valence-electron chi connectivity index (χ3n) is 3.98. The lowest BCUT2D eigenvalue weighted by Gasteiger charge is -2.37. The summed E-state index contributed by atoms with van der Waals surface area (Å²) >= 11 is 0. The molecule has 0 bridgehead atoms. The second-order valence-electron chi connectivity index (χ2n) is 5.76. The van der Waals surface area contributed by atoms with Crippen LogP contribution >= 0.6 is 12.4 Å². The van der Waals surface area contributed by atoms with Gasteiger partial charge in [-0.25, -0.2) is 0 Å². The smallest absolute Gasteiger partial charge is 0.225 e. The van der Waals surface area contributed by atoms with E-state index in [1.807, 2.05) is 37.3 Å². The Morgan fingerprint density at radius 2 is 2.10 bits per heavy atom. The van der Waals surface area contributed by atoms with Crippen LogP contribution in [-0.4, -0.2) is 24.6 Å². The minimum absolute atomic E-state index is 0. The molecule has 4 nitrogen and oxygen atoms in total. The summed E-state index contributed by atoms with van der Waals surface area (Å²) in [5.74, 6) is 0.808. The van der Waals surface area contributed by atoms with Crippen molar-refractivity contribution in [3.63, 3.8) is 0 Å². The standard InChI is InChI=1S/C16H24N2O2.ClH/c1-16(17)10-6-5-9-14(16)15(19)18-11-12-20-13-7-3-2-4-8-13;/h2-4,7-8,14H,5-6,9-12,17H2,1H3,(H,18,19);1H. The van der Waals surface area contributed by atoms with Gasteiger partial charge in [0.15, 0.2) is 0 Å². The zero-order valence-electron chi connectivity index (χ0n) is 12.5. The predicted octanol–water partition coefficient (Wildman–Crippen LogP) is 2.51. The van der Waals surface area contributed by atoms with Gasteiger partial charge in [-0.1, -0.05) is 31.0 Å². The van der Waals surface area contributed by atoms with Gasteiger partial charge in [0.05, 0.1) is 12.5 Å². The maximum Gasteiger partial charge on any atom is 0.225 e. The van der Waals surface area contributed by atoms with Crippen LogP contribution in [0.15, 0.2) is 30.3 Å². The number of ether oxygens (including phenoxy) is 1. The zero-order chi connectivity index (χ0) is 14.4. The van der Waals surface area contributed by atoms with Crippen molar-refractivity contribution in [2.24, 2.45) is 11.7 Å². The number of halogens is 1. The minimum Gasteiger partial charge on any atom is -0.492 e. The Morgan fingerprint density at radius 3 is 2.76 bits per heavy atom. The second kappa shape index (κ2) is 8.25. The van der Waals surface area contributed by atoms with Crippen molar-refractivity contribution in [3.05, 3.63) is 30.3 Å². The van der Waals surface area contributed by atoms with E-state index in [-0.39, 0.29) is 29.8 Å². The molecule has 1 aliphatic carbocycles. The van der Waals surface area contributed by atoms with Crippen LogP contribution in [0.2, 0.25) is 0 Å². The van der Waals surface area contributed by atoms with E-state index in [1.165, 1.54) is 0 Å². The lowest BCUT2D eigenvalue weighted by molar-refractivity contribution is -0.128. The monoisotopic (exact) mass is 312 g/mol. The van der Waals surface area contributed by atoms with Gasteiger partial charge < -0.3 is 15.8 Å². The third-order valence-corrected chi connectivity index (χ3v) is 3.98. The van der Waals surface area contributed by atoms with Crippen LogP contribution in [0.3, 0.4) is 0 Å². The van der Waals surface area contributed by atoms with E-state index in [1.54, 1.807) is 0 Å². The fourth-order valence-electron chi connectivity index (χ4n) is 2.77. The molecule has 3 N–H and O–H groups in total. The highest BCUT2D eigenvalue weighted by atomic mass is 35.5. The maximum absolute atomic E-state index is 12.2. The summed E-state index contributed by atoms with van der Waals surface area (Å²) in [6.45, 7) is 2.97. The summed E-state index contributed by atoms with van der Waals surface area (Å²) in [6.07, 6.45) is 4.02. The number of carbonyl (C=O) groups excluding carboxylic acids is 1. The van der Waals surface area contributed by atoms with Gasteiger partial charge >= 0.3 is 0 Å². The summed E-state index contributed by atoms with van der Waals surface area (Å²) in [5.41, 5.74) is 5.85. The molecule has 21 heavy (non-hydrogen) atoms. The molecule has 1 aliphatic rings. The SMILES string of the molecule is CC1(N)CCCCC1C(=O)NCCOc1ccccc1.Cl. The fraction of sp³-hybridized carbons (Fsp3) is 0.562. The number of nitrogens with one attached hydrogen (secondary N) is 1. The van der Waals surface area contributed by atoms with Gasteiger partial charge in [-0.05, 0) is 31.9 Å². The van der Waals surface area contributed by atoms with Gasteiger partial charge in [0, 0.05) is 5.54 Å². The Hall–Kier alpha value is -1.26. The van der Waals surface area contributed by atoms with Crippen molar-refractivity contribution in [1.82, 2.24) is 5.32 Å². The Morgan fingerprint density at radius 1 is 1.38 bits per heavy atom. The largest absolute Gasteiger partial charge is 0.492 e. The van der Waals surface area contributed by atoms with Crippen molar-refractivity contribution in [1.29, 1.82) is 0 Å². The van der Waals surface area contributed by atoms with Gasteiger partial charge in [0.25, 0.3) is 0 Å². The molecule has 0 radical (unpaired) electrons. The molecular weight excluding hydrogens is 288 g/mol. The number of amides is 1. The Kier molecular flexibility index (Phi) is 6.99. The Bertz CT molecular complexity index is 437. The van der Waals surface area contributed by atoms with Crippen molar-refractivity contribution in [2.45, 2.75) is 38.1 Å². The molecule has 1 amide bonds. The van der Waals surface area contributed by atoms with Crippen molar-refractivity contribution >= 4 is 18.3 Å². The van der Waals surface area contributed by atoms with E-state index < -0.39 is 0 Å². The molecule has 2 rings (SSSR count). The Balaban J connectivity index is 0.00000220. The van der Waals surface area contributed by atoms with Gasteiger partial charge in [0.2, 0.25) is 5.91 Å². The van der Waals surface area contributed by atoms with Crippen LogP contribution in [-0.2, 0) is 4.79 Å².